The van der Waals surface area contributed by atoms with E-state index in [9.17, 15) is 9.59 Å². The van der Waals surface area contributed by atoms with Crippen molar-refractivity contribution in [2.75, 3.05) is 11.9 Å². The van der Waals surface area contributed by atoms with Crippen LogP contribution in [0.2, 0.25) is 0 Å². The summed E-state index contributed by atoms with van der Waals surface area (Å²) in [5.74, 6) is -0.870. The van der Waals surface area contributed by atoms with Gasteiger partial charge in [0.1, 0.15) is 0 Å². The Morgan fingerprint density at radius 1 is 1.03 bits per heavy atom. The summed E-state index contributed by atoms with van der Waals surface area (Å²) in [7, 11) is 0. The lowest BCUT2D eigenvalue weighted by atomic mass is 9.95. The number of carbonyl (C=O) groups excluding carboxylic acids is 2. The SMILES string of the molecule is Cc1cccc(NC(=O)C(C)OC(=O)c2c3c(nc4ccccc24)CCN(Cc2ccccc2)C3)c1. The van der Waals surface area contributed by atoms with Crippen molar-refractivity contribution in [2.24, 2.45) is 0 Å². The summed E-state index contributed by atoms with van der Waals surface area (Å²) in [5, 5.41) is 3.58. The largest absolute Gasteiger partial charge is 0.449 e. The first-order valence-corrected chi connectivity index (χ1v) is 12.2. The van der Waals surface area contributed by atoms with Crippen LogP contribution in [0.25, 0.3) is 10.9 Å². The molecule has 6 heteroatoms. The van der Waals surface area contributed by atoms with E-state index in [1.165, 1.54) is 5.56 Å². The van der Waals surface area contributed by atoms with Crippen molar-refractivity contribution in [3.63, 3.8) is 0 Å². The quantitative estimate of drug-likeness (QED) is 0.381. The second-order valence-electron chi connectivity index (χ2n) is 9.28. The summed E-state index contributed by atoms with van der Waals surface area (Å²) in [6, 6.07) is 25.4. The molecule has 2 heterocycles. The second kappa shape index (κ2) is 10.3. The Balaban J connectivity index is 1.41. The minimum atomic E-state index is -0.954. The Kier molecular flexibility index (Phi) is 6.78. The van der Waals surface area contributed by atoms with Crippen LogP contribution in [0.5, 0.6) is 0 Å². The fraction of sp³-hybridized carbons (Fsp3) is 0.233. The van der Waals surface area contributed by atoms with Crippen molar-refractivity contribution in [1.82, 2.24) is 9.88 Å². The normalized spacial score (nSPS) is 14.2. The van der Waals surface area contributed by atoms with Crippen LogP contribution in [-0.4, -0.2) is 34.4 Å². The third-order valence-corrected chi connectivity index (χ3v) is 6.52. The Labute approximate surface area is 210 Å². The van der Waals surface area contributed by atoms with Gasteiger partial charge in [0.25, 0.3) is 5.91 Å². The van der Waals surface area contributed by atoms with Crippen molar-refractivity contribution >= 4 is 28.5 Å². The monoisotopic (exact) mass is 479 g/mol. The van der Waals surface area contributed by atoms with E-state index in [0.717, 1.165) is 47.2 Å². The lowest BCUT2D eigenvalue weighted by Crippen LogP contribution is -2.34. The van der Waals surface area contributed by atoms with Crippen molar-refractivity contribution < 1.29 is 14.3 Å². The lowest BCUT2D eigenvalue weighted by Gasteiger charge is -2.30. The highest BCUT2D eigenvalue weighted by Crippen LogP contribution is 2.30. The smallest absolute Gasteiger partial charge is 0.339 e. The molecule has 0 saturated heterocycles. The van der Waals surface area contributed by atoms with Gasteiger partial charge in [-0.2, -0.15) is 0 Å². The molecule has 1 aliphatic rings. The molecule has 1 aromatic heterocycles. The standard InChI is InChI=1S/C30H29N3O3/c1-20-9-8-12-23(17-20)31-29(34)21(2)36-30(35)28-24-13-6-7-14-26(24)32-27-15-16-33(19-25(27)28)18-22-10-4-3-5-11-22/h3-14,17,21H,15-16,18-19H2,1-2H3,(H,31,34). The van der Waals surface area contributed by atoms with E-state index in [2.05, 4.69) is 22.3 Å². The van der Waals surface area contributed by atoms with E-state index < -0.39 is 12.1 Å². The number of hydrogen-bond donors (Lipinski definition) is 1. The van der Waals surface area contributed by atoms with Gasteiger partial charge >= 0.3 is 5.97 Å². The summed E-state index contributed by atoms with van der Waals surface area (Å²) in [6.45, 7) is 5.79. The summed E-state index contributed by atoms with van der Waals surface area (Å²) >= 11 is 0. The first kappa shape index (κ1) is 23.7. The zero-order chi connectivity index (χ0) is 25.1. The number of fused-ring (bicyclic) bond motifs is 2. The van der Waals surface area contributed by atoms with Gasteiger partial charge in [0.2, 0.25) is 0 Å². The predicted molar refractivity (Wildman–Crippen MR) is 141 cm³/mol. The van der Waals surface area contributed by atoms with Crippen molar-refractivity contribution in [3.05, 3.63) is 107 Å². The van der Waals surface area contributed by atoms with Crippen LogP contribution < -0.4 is 5.32 Å². The number of aryl methyl sites for hydroxylation is 1. The van der Waals surface area contributed by atoms with Gasteiger partial charge in [-0.1, -0.05) is 60.7 Å². The third kappa shape index (κ3) is 5.14. The van der Waals surface area contributed by atoms with Crippen LogP contribution in [-0.2, 0) is 29.0 Å². The lowest BCUT2D eigenvalue weighted by molar-refractivity contribution is -0.123. The highest BCUT2D eigenvalue weighted by Gasteiger charge is 2.28. The van der Waals surface area contributed by atoms with Gasteiger partial charge in [-0.25, -0.2) is 4.79 Å². The molecular formula is C30H29N3O3. The number of hydrogen-bond acceptors (Lipinski definition) is 5. The Hall–Kier alpha value is -4.03. The van der Waals surface area contributed by atoms with Crippen LogP contribution in [0.15, 0.2) is 78.9 Å². The minimum Gasteiger partial charge on any atom is -0.449 e. The van der Waals surface area contributed by atoms with E-state index in [1.807, 2.05) is 73.7 Å². The molecule has 0 saturated carbocycles. The molecule has 0 aliphatic carbocycles. The zero-order valence-corrected chi connectivity index (χ0v) is 20.5. The first-order chi connectivity index (χ1) is 17.5. The van der Waals surface area contributed by atoms with Gasteiger partial charge in [0, 0.05) is 48.4 Å². The van der Waals surface area contributed by atoms with E-state index >= 15 is 0 Å². The number of nitrogens with one attached hydrogen (secondary N) is 1. The van der Waals surface area contributed by atoms with E-state index in [-0.39, 0.29) is 5.91 Å². The number of carbonyl (C=O) groups is 2. The zero-order valence-electron chi connectivity index (χ0n) is 20.5. The number of anilines is 1. The number of benzene rings is 3. The molecule has 1 aliphatic heterocycles. The molecule has 0 fully saturated rings. The van der Waals surface area contributed by atoms with E-state index in [4.69, 9.17) is 9.72 Å². The maximum Gasteiger partial charge on any atom is 0.339 e. The number of amides is 1. The van der Waals surface area contributed by atoms with Gasteiger partial charge in [0.15, 0.2) is 6.10 Å². The number of pyridine rings is 1. The molecule has 3 aromatic carbocycles. The number of para-hydroxylation sites is 1. The molecule has 0 radical (unpaired) electrons. The number of nitrogens with zero attached hydrogens (tertiary/aromatic N) is 2. The fourth-order valence-electron chi connectivity index (χ4n) is 4.70. The summed E-state index contributed by atoms with van der Waals surface area (Å²) in [5.41, 5.74) is 5.99. The number of rotatable bonds is 6. The topological polar surface area (TPSA) is 71.5 Å². The molecule has 1 amide bonds. The Morgan fingerprint density at radius 2 is 1.81 bits per heavy atom. The number of ether oxygens (including phenoxy) is 1. The maximum absolute atomic E-state index is 13.6. The Bertz CT molecular complexity index is 1420. The van der Waals surface area contributed by atoms with Gasteiger partial charge in [-0.3, -0.25) is 14.7 Å². The van der Waals surface area contributed by atoms with Crippen LogP contribution in [0.1, 0.15) is 39.7 Å². The van der Waals surface area contributed by atoms with Crippen molar-refractivity contribution in [1.29, 1.82) is 0 Å². The first-order valence-electron chi connectivity index (χ1n) is 12.2. The molecule has 36 heavy (non-hydrogen) atoms. The van der Waals surface area contributed by atoms with Crippen molar-refractivity contribution in [3.8, 4) is 0 Å². The molecular weight excluding hydrogens is 450 g/mol. The average molecular weight is 480 g/mol. The van der Waals surface area contributed by atoms with Gasteiger partial charge in [-0.15, -0.1) is 0 Å². The molecule has 0 spiro atoms. The van der Waals surface area contributed by atoms with Crippen LogP contribution in [0.3, 0.4) is 0 Å². The van der Waals surface area contributed by atoms with E-state index in [0.29, 0.717) is 17.8 Å². The molecule has 1 N–H and O–H groups in total. The molecule has 1 unspecified atom stereocenters. The molecule has 4 aromatic rings. The second-order valence-corrected chi connectivity index (χ2v) is 9.28. The molecule has 182 valence electrons. The van der Waals surface area contributed by atoms with Crippen molar-refractivity contribution in [2.45, 2.75) is 39.5 Å². The maximum atomic E-state index is 13.6. The predicted octanol–water partition coefficient (Wildman–Crippen LogP) is 5.29. The minimum absolute atomic E-state index is 0.369. The summed E-state index contributed by atoms with van der Waals surface area (Å²) in [6.07, 6.45) is -0.207. The average Bonchev–Trinajstić information content (AvgIpc) is 2.88. The molecule has 0 bridgehead atoms. The number of esters is 1. The van der Waals surface area contributed by atoms with Gasteiger partial charge in [-0.05, 0) is 43.2 Å². The molecule has 1 atom stereocenters. The van der Waals surface area contributed by atoms with Crippen LogP contribution in [0.4, 0.5) is 5.69 Å². The highest BCUT2D eigenvalue weighted by molar-refractivity contribution is 6.06. The van der Waals surface area contributed by atoms with Gasteiger partial charge < -0.3 is 10.1 Å². The van der Waals surface area contributed by atoms with E-state index in [1.54, 1.807) is 6.92 Å². The fourth-order valence-corrected chi connectivity index (χ4v) is 4.70. The molecule has 6 nitrogen and oxygen atoms in total. The number of aromatic nitrogens is 1. The summed E-state index contributed by atoms with van der Waals surface area (Å²) in [4.78, 5) is 33.5. The highest BCUT2D eigenvalue weighted by atomic mass is 16.5. The van der Waals surface area contributed by atoms with Gasteiger partial charge in [0.05, 0.1) is 11.1 Å². The van der Waals surface area contributed by atoms with Crippen LogP contribution >= 0.6 is 0 Å². The molecule has 5 rings (SSSR count). The Morgan fingerprint density at radius 3 is 2.61 bits per heavy atom. The third-order valence-electron chi connectivity index (χ3n) is 6.52. The van der Waals surface area contributed by atoms with Crippen LogP contribution in [0, 0.1) is 6.92 Å². The summed E-state index contributed by atoms with van der Waals surface area (Å²) < 4.78 is 5.73.